The first-order valence-electron chi connectivity index (χ1n) is 10.5. The molecule has 2 aromatic carbocycles. The Hall–Kier alpha value is -2.97. The molecule has 0 bridgehead atoms. The summed E-state index contributed by atoms with van der Waals surface area (Å²) in [6.07, 6.45) is 1.96. The van der Waals surface area contributed by atoms with Crippen molar-refractivity contribution in [2.24, 2.45) is 4.99 Å². The van der Waals surface area contributed by atoms with E-state index in [1.807, 2.05) is 18.2 Å². The second-order valence-electron chi connectivity index (χ2n) is 7.37. The van der Waals surface area contributed by atoms with Crippen LogP contribution in [-0.2, 0) is 9.47 Å². The highest BCUT2D eigenvalue weighted by atomic mass is 79.9. The second-order valence-corrected chi connectivity index (χ2v) is 8.29. The monoisotopic (exact) mass is 498 g/mol. The van der Waals surface area contributed by atoms with Gasteiger partial charge >= 0.3 is 5.97 Å². The highest BCUT2D eigenvalue weighted by Gasteiger charge is 2.18. The van der Waals surface area contributed by atoms with E-state index in [-0.39, 0.29) is 17.6 Å². The summed E-state index contributed by atoms with van der Waals surface area (Å²) in [5.41, 5.74) is 2.09. The highest BCUT2D eigenvalue weighted by molar-refractivity contribution is 9.10. The van der Waals surface area contributed by atoms with Crippen molar-refractivity contribution >= 4 is 44.5 Å². The van der Waals surface area contributed by atoms with Crippen LogP contribution in [0.15, 0.2) is 62.4 Å². The van der Waals surface area contributed by atoms with Crippen molar-refractivity contribution in [1.29, 1.82) is 0 Å². The molecule has 3 aromatic rings. The van der Waals surface area contributed by atoms with Gasteiger partial charge in [0, 0.05) is 23.0 Å². The standard InChI is InChI=1S/C24H23BrN2O5/c1-2-30-24(29)15-5-8-18(9-6-15)27-23-20(22(28)26-14-19-4-3-11-31-19)13-16-12-17(25)7-10-21(16)32-23/h5-10,12-13,19H,2-4,11,14H2,1H3,(H,26,28)/t19-/m1/s1. The third-order valence-electron chi connectivity index (χ3n) is 5.08. The maximum Gasteiger partial charge on any atom is 0.338 e. The Balaban J connectivity index is 1.69. The number of esters is 1. The van der Waals surface area contributed by atoms with Gasteiger partial charge in [0.15, 0.2) is 0 Å². The molecular weight excluding hydrogens is 476 g/mol. The first-order chi connectivity index (χ1) is 15.5. The number of rotatable bonds is 6. The first-order valence-corrected chi connectivity index (χ1v) is 11.3. The van der Waals surface area contributed by atoms with Crippen LogP contribution >= 0.6 is 15.9 Å². The third kappa shape index (κ3) is 5.26. The van der Waals surface area contributed by atoms with Gasteiger partial charge in [-0.05, 0) is 68.3 Å². The zero-order chi connectivity index (χ0) is 22.5. The van der Waals surface area contributed by atoms with Gasteiger partial charge in [-0.2, -0.15) is 0 Å². The van der Waals surface area contributed by atoms with E-state index in [2.05, 4.69) is 26.2 Å². The summed E-state index contributed by atoms with van der Waals surface area (Å²) in [7, 11) is 0. The Labute approximate surface area is 193 Å². The molecule has 0 radical (unpaired) electrons. The molecule has 1 saturated heterocycles. The normalized spacial score (nSPS) is 16.3. The summed E-state index contributed by atoms with van der Waals surface area (Å²) >= 11 is 3.45. The molecule has 0 aliphatic carbocycles. The van der Waals surface area contributed by atoms with E-state index in [0.717, 1.165) is 29.3 Å². The van der Waals surface area contributed by atoms with Crippen molar-refractivity contribution in [3.05, 3.63) is 69.7 Å². The highest BCUT2D eigenvalue weighted by Crippen LogP contribution is 2.20. The van der Waals surface area contributed by atoms with Crippen LogP contribution < -0.4 is 10.9 Å². The summed E-state index contributed by atoms with van der Waals surface area (Å²) < 4.78 is 17.5. The number of amides is 1. The van der Waals surface area contributed by atoms with E-state index < -0.39 is 5.97 Å². The van der Waals surface area contributed by atoms with Crippen LogP contribution in [0.2, 0.25) is 0 Å². The van der Waals surface area contributed by atoms with Gasteiger partial charge in [0.25, 0.3) is 5.91 Å². The number of nitrogens with zero attached hydrogens (tertiary/aromatic N) is 1. The van der Waals surface area contributed by atoms with Gasteiger partial charge in [0.05, 0.1) is 24.0 Å². The smallest absolute Gasteiger partial charge is 0.338 e. The van der Waals surface area contributed by atoms with E-state index >= 15 is 0 Å². The lowest BCUT2D eigenvalue weighted by Gasteiger charge is -2.11. The summed E-state index contributed by atoms with van der Waals surface area (Å²) in [4.78, 5) is 29.4. The van der Waals surface area contributed by atoms with Crippen molar-refractivity contribution in [3.8, 4) is 0 Å². The van der Waals surface area contributed by atoms with Gasteiger partial charge in [-0.1, -0.05) is 15.9 Å². The number of nitrogens with one attached hydrogen (secondary N) is 1. The summed E-state index contributed by atoms with van der Waals surface area (Å²) in [5.74, 6) is -0.678. The number of ether oxygens (including phenoxy) is 2. The number of fused-ring (bicyclic) bond motifs is 1. The predicted molar refractivity (Wildman–Crippen MR) is 123 cm³/mol. The van der Waals surface area contributed by atoms with Gasteiger partial charge in [0.1, 0.15) is 11.1 Å². The molecule has 166 valence electrons. The fraction of sp³-hybridized carbons (Fsp3) is 0.292. The molecule has 7 nitrogen and oxygen atoms in total. The van der Waals surface area contributed by atoms with E-state index in [0.29, 0.717) is 35.5 Å². The first kappa shape index (κ1) is 22.2. The summed E-state index contributed by atoms with van der Waals surface area (Å²) in [6, 6.07) is 14.0. The Bertz CT molecular complexity index is 1200. The van der Waals surface area contributed by atoms with Crippen LogP contribution in [0.25, 0.3) is 11.0 Å². The fourth-order valence-electron chi connectivity index (χ4n) is 3.46. The summed E-state index contributed by atoms with van der Waals surface area (Å²) in [6.45, 7) is 3.22. The minimum absolute atomic E-state index is 0.0290. The number of carbonyl (C=O) groups excluding carboxylic acids is 2. The number of carbonyl (C=O) groups is 2. The third-order valence-corrected chi connectivity index (χ3v) is 5.57. The van der Waals surface area contributed by atoms with Crippen LogP contribution in [0.5, 0.6) is 0 Å². The van der Waals surface area contributed by atoms with Crippen molar-refractivity contribution < 1.29 is 23.5 Å². The minimum Gasteiger partial charge on any atom is -0.462 e. The Morgan fingerprint density at radius 3 is 2.72 bits per heavy atom. The lowest BCUT2D eigenvalue weighted by atomic mass is 10.1. The number of halogens is 1. The van der Waals surface area contributed by atoms with Crippen molar-refractivity contribution in [2.45, 2.75) is 25.9 Å². The molecule has 1 amide bonds. The molecular formula is C24H23BrN2O5. The Morgan fingerprint density at radius 2 is 2.00 bits per heavy atom. The van der Waals surface area contributed by atoms with Gasteiger partial charge in [0.2, 0.25) is 5.55 Å². The quantitative estimate of drug-likeness (QED) is 0.504. The van der Waals surface area contributed by atoms with E-state index in [4.69, 9.17) is 13.9 Å². The van der Waals surface area contributed by atoms with Crippen LogP contribution in [0, 0.1) is 0 Å². The molecule has 1 N–H and O–H groups in total. The molecule has 8 heteroatoms. The minimum atomic E-state index is -0.394. The fourth-order valence-corrected chi connectivity index (χ4v) is 3.84. The lowest BCUT2D eigenvalue weighted by molar-refractivity contribution is 0.0526. The van der Waals surface area contributed by atoms with E-state index in [1.54, 1.807) is 37.3 Å². The molecule has 1 aliphatic heterocycles. The second kappa shape index (κ2) is 10.1. The average molecular weight is 499 g/mol. The topological polar surface area (TPSA) is 90.1 Å². The van der Waals surface area contributed by atoms with Gasteiger partial charge in [-0.15, -0.1) is 0 Å². The maximum atomic E-state index is 13.0. The number of hydrogen-bond acceptors (Lipinski definition) is 6. The van der Waals surface area contributed by atoms with Crippen molar-refractivity contribution in [2.75, 3.05) is 19.8 Å². The molecule has 1 aromatic heterocycles. The molecule has 0 spiro atoms. The van der Waals surface area contributed by atoms with Gasteiger partial charge < -0.3 is 19.2 Å². The average Bonchev–Trinajstić information content (AvgIpc) is 3.31. The largest absolute Gasteiger partial charge is 0.462 e. The maximum absolute atomic E-state index is 13.0. The molecule has 0 unspecified atom stereocenters. The van der Waals surface area contributed by atoms with Crippen LogP contribution in [0.1, 0.15) is 40.5 Å². The summed E-state index contributed by atoms with van der Waals surface area (Å²) in [5, 5.41) is 3.70. The molecule has 1 atom stereocenters. The molecule has 4 rings (SSSR count). The molecule has 2 heterocycles. The Morgan fingerprint density at radius 1 is 1.19 bits per heavy atom. The predicted octanol–water partition coefficient (Wildman–Crippen LogP) is 4.51. The Kier molecular flexibility index (Phi) is 7.02. The lowest BCUT2D eigenvalue weighted by Crippen LogP contribution is -2.34. The van der Waals surface area contributed by atoms with E-state index in [9.17, 15) is 9.59 Å². The van der Waals surface area contributed by atoms with Crippen LogP contribution in [0.4, 0.5) is 5.69 Å². The van der Waals surface area contributed by atoms with Crippen molar-refractivity contribution in [3.63, 3.8) is 0 Å². The van der Waals surface area contributed by atoms with Gasteiger partial charge in [-0.3, -0.25) is 4.79 Å². The van der Waals surface area contributed by atoms with E-state index in [1.165, 1.54) is 0 Å². The molecule has 0 saturated carbocycles. The zero-order valence-electron chi connectivity index (χ0n) is 17.6. The molecule has 32 heavy (non-hydrogen) atoms. The van der Waals surface area contributed by atoms with Crippen LogP contribution in [0.3, 0.4) is 0 Å². The SMILES string of the molecule is CCOC(=O)c1ccc(N=c2oc3ccc(Br)cc3cc2C(=O)NC[C@H]2CCCO2)cc1. The number of hydrogen-bond donors (Lipinski definition) is 1. The van der Waals surface area contributed by atoms with Crippen molar-refractivity contribution in [1.82, 2.24) is 5.32 Å². The van der Waals surface area contributed by atoms with Crippen LogP contribution in [-0.4, -0.2) is 37.7 Å². The zero-order valence-corrected chi connectivity index (χ0v) is 19.2. The number of benzene rings is 2. The molecule has 1 fully saturated rings. The van der Waals surface area contributed by atoms with Gasteiger partial charge in [-0.25, -0.2) is 9.79 Å². The molecule has 1 aliphatic rings.